The Labute approximate surface area is 322 Å². The van der Waals surface area contributed by atoms with Gasteiger partial charge in [0, 0.05) is 43.9 Å². The number of rotatable bonds is 6. The van der Waals surface area contributed by atoms with Crippen LogP contribution >= 0.6 is 0 Å². The third-order valence-corrected chi connectivity index (χ3v) is 10.5. The van der Waals surface area contributed by atoms with Crippen LogP contribution in [0.4, 0.5) is 0 Å². The Hall–Kier alpha value is -7.57. The molecule has 0 aliphatic carbocycles. The van der Waals surface area contributed by atoms with Crippen LogP contribution < -0.4 is 5.32 Å². The van der Waals surface area contributed by atoms with E-state index in [1.54, 1.807) is 0 Å². The summed E-state index contributed by atoms with van der Waals surface area (Å²) < 4.78 is 13.1. The van der Waals surface area contributed by atoms with E-state index in [9.17, 15) is 0 Å². The second-order valence-corrected chi connectivity index (χ2v) is 14.0. The number of fused-ring (bicyclic) bond motifs is 7. The molecule has 11 rings (SSSR count). The largest absolute Gasteiger partial charge is 0.452 e. The first kappa shape index (κ1) is 31.9. The molecule has 0 fully saturated rings. The molecule has 1 atom stereocenters. The highest BCUT2D eigenvalue weighted by Crippen LogP contribution is 2.41. The van der Waals surface area contributed by atoms with Crippen molar-refractivity contribution >= 4 is 55.3 Å². The van der Waals surface area contributed by atoms with Gasteiger partial charge in [0.2, 0.25) is 0 Å². The SMILES string of the molecule is C1=C(c2ccccc2)NC(c2ccc3oc4c(ccc5c6cc(-c7nc(-c8ccccc8)cc(-c8ccccc8)n7)ccc6oc54)c3c2)N=C1c1ccccc1. The van der Waals surface area contributed by atoms with Crippen molar-refractivity contribution in [3.05, 3.63) is 199 Å². The fourth-order valence-electron chi connectivity index (χ4n) is 7.73. The van der Waals surface area contributed by atoms with Gasteiger partial charge in [0.1, 0.15) is 17.3 Å². The summed E-state index contributed by atoms with van der Waals surface area (Å²) >= 11 is 0. The van der Waals surface area contributed by atoms with E-state index < -0.39 is 0 Å². The molecule has 4 heterocycles. The van der Waals surface area contributed by atoms with Gasteiger partial charge in [-0.1, -0.05) is 127 Å². The second kappa shape index (κ2) is 13.1. The zero-order valence-corrected chi connectivity index (χ0v) is 30.1. The zero-order valence-electron chi connectivity index (χ0n) is 30.1. The van der Waals surface area contributed by atoms with Crippen LogP contribution in [0.2, 0.25) is 0 Å². The van der Waals surface area contributed by atoms with Crippen molar-refractivity contribution < 1.29 is 8.83 Å². The summed E-state index contributed by atoms with van der Waals surface area (Å²) in [5.74, 6) is 0.651. The lowest BCUT2D eigenvalue weighted by Crippen LogP contribution is -2.24. The molecule has 10 aromatic rings. The maximum absolute atomic E-state index is 6.58. The molecule has 1 N–H and O–H groups in total. The Morgan fingerprint density at radius 2 is 0.946 bits per heavy atom. The molecule has 6 heteroatoms. The summed E-state index contributed by atoms with van der Waals surface area (Å²) in [5, 5.41) is 7.64. The van der Waals surface area contributed by atoms with Crippen molar-refractivity contribution in [3.8, 4) is 33.9 Å². The Bertz CT molecular complexity index is 3090. The topological polar surface area (TPSA) is 76.5 Å². The van der Waals surface area contributed by atoms with Gasteiger partial charge in [-0.25, -0.2) is 9.97 Å². The number of hydrogen-bond donors (Lipinski definition) is 1. The van der Waals surface area contributed by atoms with Crippen LogP contribution in [0.1, 0.15) is 22.9 Å². The first-order valence-electron chi connectivity index (χ1n) is 18.7. The number of nitrogens with zero attached hydrogens (tertiary/aromatic N) is 3. The third kappa shape index (κ3) is 5.55. The minimum atomic E-state index is -0.293. The molecule has 0 saturated carbocycles. The van der Waals surface area contributed by atoms with Gasteiger partial charge in [-0.05, 0) is 71.3 Å². The van der Waals surface area contributed by atoms with Crippen molar-refractivity contribution in [2.75, 3.05) is 0 Å². The number of allylic oxidation sites excluding steroid dienone is 1. The monoisotopic (exact) mass is 720 g/mol. The predicted octanol–water partition coefficient (Wildman–Crippen LogP) is 12.4. The highest BCUT2D eigenvalue weighted by Gasteiger charge is 2.22. The van der Waals surface area contributed by atoms with Crippen molar-refractivity contribution in [3.63, 3.8) is 0 Å². The van der Waals surface area contributed by atoms with Crippen LogP contribution in [0, 0.1) is 0 Å². The zero-order chi connectivity index (χ0) is 37.0. The van der Waals surface area contributed by atoms with E-state index in [-0.39, 0.29) is 6.17 Å². The summed E-state index contributed by atoms with van der Waals surface area (Å²) in [7, 11) is 0. The standard InChI is InChI=1S/C50H32N4O2/c1-5-13-31(14-6-1)41-29-42(32-15-7-2-8-16-32)52-49(51-41)35-21-25-45-39(27-35)37-23-24-38-40-28-36(22-26-46(40)56-48(38)47(37)55-45)50-53-43(33-17-9-3-10-18-33)30-44(54-50)34-19-11-4-12-20-34/h1-30,49,51H. The number of aliphatic imine (C=N–C) groups is 1. The molecular formula is C50H32N4O2. The Balaban J connectivity index is 1.00. The lowest BCUT2D eigenvalue weighted by atomic mass is 10.0. The minimum Gasteiger partial charge on any atom is -0.452 e. The highest BCUT2D eigenvalue weighted by atomic mass is 16.4. The minimum absolute atomic E-state index is 0.293. The molecule has 56 heavy (non-hydrogen) atoms. The Morgan fingerprint density at radius 1 is 0.429 bits per heavy atom. The molecule has 0 radical (unpaired) electrons. The van der Waals surface area contributed by atoms with Gasteiger partial charge in [0.25, 0.3) is 0 Å². The summed E-state index contributed by atoms with van der Waals surface area (Å²) in [6.07, 6.45) is 1.84. The average Bonchev–Trinajstić information content (AvgIpc) is 3.85. The van der Waals surface area contributed by atoms with E-state index in [0.717, 1.165) is 94.5 Å². The van der Waals surface area contributed by atoms with Crippen LogP contribution in [0.15, 0.2) is 196 Å². The summed E-state index contributed by atoms with van der Waals surface area (Å²) in [6.45, 7) is 0. The molecule has 0 amide bonds. The predicted molar refractivity (Wildman–Crippen MR) is 226 cm³/mol. The molecule has 0 saturated heterocycles. The quantitative estimate of drug-likeness (QED) is 0.185. The summed E-state index contributed by atoms with van der Waals surface area (Å²) in [4.78, 5) is 15.3. The van der Waals surface area contributed by atoms with Crippen LogP contribution in [-0.2, 0) is 0 Å². The molecule has 1 unspecified atom stereocenters. The summed E-state index contributed by atoms with van der Waals surface area (Å²) in [6, 6.07) is 60.0. The van der Waals surface area contributed by atoms with Crippen molar-refractivity contribution in [2.24, 2.45) is 4.99 Å². The van der Waals surface area contributed by atoms with Gasteiger partial charge in [-0.2, -0.15) is 0 Å². The summed E-state index contributed by atoms with van der Waals surface area (Å²) in [5.41, 5.74) is 12.9. The maximum atomic E-state index is 6.58. The number of furan rings is 2. The van der Waals surface area contributed by atoms with Gasteiger partial charge in [-0.15, -0.1) is 0 Å². The molecule has 0 bridgehead atoms. The lowest BCUT2D eigenvalue weighted by molar-refractivity contribution is 0.632. The number of nitrogens with one attached hydrogen (secondary N) is 1. The molecule has 3 aromatic heterocycles. The Kier molecular flexibility index (Phi) is 7.45. The molecule has 264 valence electrons. The third-order valence-electron chi connectivity index (χ3n) is 10.5. The maximum Gasteiger partial charge on any atom is 0.178 e. The van der Waals surface area contributed by atoms with E-state index in [0.29, 0.717) is 11.4 Å². The van der Waals surface area contributed by atoms with Crippen LogP contribution in [0.25, 0.3) is 83.5 Å². The average molecular weight is 721 g/mol. The second-order valence-electron chi connectivity index (χ2n) is 14.0. The van der Waals surface area contributed by atoms with E-state index >= 15 is 0 Å². The van der Waals surface area contributed by atoms with Gasteiger partial charge in [0.15, 0.2) is 17.0 Å². The van der Waals surface area contributed by atoms with Gasteiger partial charge in [0.05, 0.1) is 17.1 Å². The van der Waals surface area contributed by atoms with E-state index in [1.165, 1.54) is 0 Å². The molecular weight excluding hydrogens is 689 g/mol. The van der Waals surface area contributed by atoms with E-state index in [4.69, 9.17) is 23.8 Å². The fourth-order valence-corrected chi connectivity index (χ4v) is 7.73. The van der Waals surface area contributed by atoms with Crippen molar-refractivity contribution in [2.45, 2.75) is 6.17 Å². The molecule has 1 aliphatic rings. The van der Waals surface area contributed by atoms with Crippen molar-refractivity contribution in [1.82, 2.24) is 15.3 Å². The molecule has 6 nitrogen and oxygen atoms in total. The normalized spacial score (nSPS) is 14.2. The van der Waals surface area contributed by atoms with Crippen molar-refractivity contribution in [1.29, 1.82) is 0 Å². The molecule has 7 aromatic carbocycles. The van der Waals surface area contributed by atoms with Gasteiger partial charge < -0.3 is 14.2 Å². The van der Waals surface area contributed by atoms with Crippen LogP contribution in [0.3, 0.4) is 0 Å². The Morgan fingerprint density at radius 3 is 1.54 bits per heavy atom. The van der Waals surface area contributed by atoms with E-state index in [1.807, 2.05) is 78.9 Å². The molecule has 0 spiro atoms. The van der Waals surface area contributed by atoms with Gasteiger partial charge in [-0.3, -0.25) is 4.99 Å². The smallest absolute Gasteiger partial charge is 0.178 e. The van der Waals surface area contributed by atoms with Crippen LogP contribution in [-0.4, -0.2) is 15.7 Å². The lowest BCUT2D eigenvalue weighted by Gasteiger charge is -2.25. The number of aromatic nitrogens is 2. The van der Waals surface area contributed by atoms with E-state index in [2.05, 4.69) is 108 Å². The first-order chi connectivity index (χ1) is 27.7. The molecule has 1 aliphatic heterocycles. The fraction of sp³-hybridized carbons (Fsp3) is 0.0200. The number of hydrogen-bond acceptors (Lipinski definition) is 6. The number of benzene rings is 7. The van der Waals surface area contributed by atoms with Gasteiger partial charge >= 0.3 is 0 Å². The highest BCUT2D eigenvalue weighted by molar-refractivity contribution is 6.19. The van der Waals surface area contributed by atoms with Crippen LogP contribution in [0.5, 0.6) is 0 Å². The first-order valence-corrected chi connectivity index (χ1v) is 18.7.